The number of halogens is 1. The van der Waals surface area contributed by atoms with Crippen molar-refractivity contribution in [1.29, 1.82) is 0 Å². The summed E-state index contributed by atoms with van der Waals surface area (Å²) in [4.78, 5) is 41.9. The summed E-state index contributed by atoms with van der Waals surface area (Å²) in [6.45, 7) is 3.87. The molecule has 3 heterocycles. The summed E-state index contributed by atoms with van der Waals surface area (Å²) in [5.41, 5.74) is 6.90. The van der Waals surface area contributed by atoms with Gasteiger partial charge in [-0.25, -0.2) is 9.91 Å². The van der Waals surface area contributed by atoms with Gasteiger partial charge in [0.1, 0.15) is 6.54 Å². The number of hydrogen-bond acceptors (Lipinski definition) is 7. The van der Waals surface area contributed by atoms with Gasteiger partial charge in [0.15, 0.2) is 12.1 Å². The van der Waals surface area contributed by atoms with Gasteiger partial charge in [0.2, 0.25) is 0 Å². The van der Waals surface area contributed by atoms with E-state index in [9.17, 15) is 14.4 Å². The number of fused-ring (bicyclic) bond motifs is 2. The second-order valence-corrected chi connectivity index (χ2v) is 12.3. The number of benzene rings is 3. The first-order valence-corrected chi connectivity index (χ1v) is 15.2. The van der Waals surface area contributed by atoms with Crippen LogP contribution in [0.3, 0.4) is 0 Å². The SMILES string of the molecule is Cc1ccc(/C=C2\CCC[C@H]3C2=NN(C(=O)CN2N=N[C@@H]4C(=O)N(c5ccc(Cl)cc5)C(=O)[C@@H]42)[C@H]3c2ccc(C)cc2)cc1. The summed E-state index contributed by atoms with van der Waals surface area (Å²) in [7, 11) is 0. The lowest BCUT2D eigenvalue weighted by atomic mass is 9.77. The zero-order valence-corrected chi connectivity index (χ0v) is 25.2. The van der Waals surface area contributed by atoms with E-state index in [1.165, 1.54) is 10.6 Å². The molecule has 2 fully saturated rings. The molecule has 9 nitrogen and oxygen atoms in total. The molecule has 0 N–H and O–H groups in total. The van der Waals surface area contributed by atoms with Gasteiger partial charge in [0, 0.05) is 10.9 Å². The Morgan fingerprint density at radius 1 is 0.909 bits per heavy atom. The van der Waals surface area contributed by atoms with E-state index in [4.69, 9.17) is 16.7 Å². The van der Waals surface area contributed by atoms with Gasteiger partial charge in [0.05, 0.1) is 17.4 Å². The van der Waals surface area contributed by atoms with Crippen LogP contribution in [0, 0.1) is 19.8 Å². The normalized spacial score (nSPS) is 25.1. The predicted octanol–water partition coefficient (Wildman–Crippen LogP) is 6.07. The molecule has 1 aliphatic carbocycles. The Bertz CT molecular complexity index is 1730. The Balaban J connectivity index is 1.18. The van der Waals surface area contributed by atoms with Crippen LogP contribution in [0.15, 0.2) is 93.8 Å². The lowest BCUT2D eigenvalue weighted by Gasteiger charge is -2.30. The fourth-order valence-corrected chi connectivity index (χ4v) is 6.70. The average molecular weight is 607 g/mol. The number of anilines is 1. The highest BCUT2D eigenvalue weighted by Gasteiger charge is 2.55. The minimum absolute atomic E-state index is 0.0372. The number of nitrogens with zero attached hydrogens (tertiary/aromatic N) is 6. The molecule has 1 saturated heterocycles. The molecule has 0 spiro atoms. The van der Waals surface area contributed by atoms with Crippen molar-refractivity contribution in [3.05, 3.63) is 106 Å². The van der Waals surface area contributed by atoms with Crippen LogP contribution in [0.5, 0.6) is 0 Å². The summed E-state index contributed by atoms with van der Waals surface area (Å²) < 4.78 is 0. The molecule has 3 amide bonds. The van der Waals surface area contributed by atoms with Gasteiger partial charge in [-0.1, -0.05) is 76.5 Å². The Kier molecular flexibility index (Phi) is 7.13. The lowest BCUT2D eigenvalue weighted by Crippen LogP contribution is -2.45. The van der Waals surface area contributed by atoms with Gasteiger partial charge in [-0.2, -0.15) is 10.2 Å². The second-order valence-electron chi connectivity index (χ2n) is 11.8. The van der Waals surface area contributed by atoms with Crippen molar-refractivity contribution in [3.8, 4) is 0 Å². The van der Waals surface area contributed by atoms with Crippen molar-refractivity contribution < 1.29 is 14.4 Å². The molecule has 0 radical (unpaired) electrons. The van der Waals surface area contributed by atoms with Crippen LogP contribution < -0.4 is 4.90 Å². The van der Waals surface area contributed by atoms with Gasteiger partial charge < -0.3 is 0 Å². The van der Waals surface area contributed by atoms with Crippen LogP contribution in [0.1, 0.15) is 47.6 Å². The van der Waals surface area contributed by atoms with E-state index in [0.29, 0.717) is 10.7 Å². The number of imide groups is 1. The topological polar surface area (TPSA) is 98.0 Å². The third-order valence-electron chi connectivity index (χ3n) is 8.83. The van der Waals surface area contributed by atoms with Crippen molar-refractivity contribution in [2.45, 2.75) is 51.2 Å². The third-order valence-corrected chi connectivity index (χ3v) is 9.09. The molecule has 44 heavy (non-hydrogen) atoms. The number of carbonyl (C=O) groups is 3. The first-order chi connectivity index (χ1) is 21.3. The van der Waals surface area contributed by atoms with E-state index in [1.807, 2.05) is 6.92 Å². The van der Waals surface area contributed by atoms with Crippen LogP contribution in [0.25, 0.3) is 6.08 Å². The lowest BCUT2D eigenvalue weighted by molar-refractivity contribution is -0.136. The monoisotopic (exact) mass is 606 g/mol. The number of hydrazone groups is 1. The molecule has 4 atom stereocenters. The minimum Gasteiger partial charge on any atom is -0.271 e. The van der Waals surface area contributed by atoms with E-state index in [1.54, 1.807) is 29.3 Å². The zero-order chi connectivity index (χ0) is 30.5. The summed E-state index contributed by atoms with van der Waals surface area (Å²) in [5.74, 6) is -1.22. The maximum Gasteiger partial charge on any atom is 0.264 e. The smallest absolute Gasteiger partial charge is 0.264 e. The van der Waals surface area contributed by atoms with Crippen molar-refractivity contribution in [3.63, 3.8) is 0 Å². The Hall–Kier alpha value is -4.63. The van der Waals surface area contributed by atoms with Crippen molar-refractivity contribution in [2.24, 2.45) is 21.4 Å². The van der Waals surface area contributed by atoms with Gasteiger partial charge in [-0.3, -0.25) is 19.4 Å². The minimum atomic E-state index is -1.00. The summed E-state index contributed by atoms with van der Waals surface area (Å²) in [5, 5.41) is 16.6. The fourth-order valence-electron chi connectivity index (χ4n) is 6.58. The number of hydrogen-bond donors (Lipinski definition) is 0. The van der Waals surface area contributed by atoms with Crippen LogP contribution in [-0.2, 0) is 14.4 Å². The molecule has 3 aromatic carbocycles. The first-order valence-electron chi connectivity index (χ1n) is 14.8. The largest absolute Gasteiger partial charge is 0.271 e. The highest BCUT2D eigenvalue weighted by atomic mass is 35.5. The summed E-state index contributed by atoms with van der Waals surface area (Å²) in [6, 6.07) is 20.8. The van der Waals surface area contributed by atoms with E-state index in [2.05, 4.69) is 71.9 Å². The standard InChI is InChI=1S/C34H31ClN6O3/c1-20-6-10-22(11-7-20)18-24-4-3-5-27-29(24)37-41(31(27)23-12-8-21(2)9-13-23)28(42)19-39-32-30(36-38-39)33(43)40(34(32)44)26-16-14-25(35)15-17-26/h6-18,27,30-32H,3-5,19H2,1-2H3/b24-18+/t27-,30-,31-,32+/m0/s1. The van der Waals surface area contributed by atoms with Gasteiger partial charge in [0.25, 0.3) is 17.7 Å². The van der Waals surface area contributed by atoms with E-state index < -0.39 is 23.9 Å². The van der Waals surface area contributed by atoms with Gasteiger partial charge in [-0.15, -0.1) is 0 Å². The van der Waals surface area contributed by atoms with E-state index in [0.717, 1.165) is 52.1 Å². The summed E-state index contributed by atoms with van der Waals surface area (Å²) in [6.07, 6.45) is 4.96. The molecule has 222 valence electrons. The number of aryl methyl sites for hydroxylation is 2. The average Bonchev–Trinajstić information content (AvgIpc) is 3.69. The third kappa shape index (κ3) is 4.91. The van der Waals surface area contributed by atoms with E-state index in [-0.39, 0.29) is 24.4 Å². The first kappa shape index (κ1) is 28.2. The number of rotatable bonds is 5. The maximum atomic E-state index is 14.1. The molecule has 3 aromatic rings. The molecule has 7 rings (SSSR count). The molecule has 0 bridgehead atoms. The predicted molar refractivity (Wildman–Crippen MR) is 168 cm³/mol. The molecule has 3 aliphatic heterocycles. The Morgan fingerprint density at radius 2 is 1.59 bits per heavy atom. The van der Waals surface area contributed by atoms with Crippen molar-refractivity contribution in [2.75, 3.05) is 11.4 Å². The van der Waals surface area contributed by atoms with Crippen molar-refractivity contribution in [1.82, 2.24) is 10.0 Å². The highest BCUT2D eigenvalue weighted by Crippen LogP contribution is 2.45. The molecule has 0 aromatic heterocycles. The van der Waals surface area contributed by atoms with Crippen LogP contribution in [0.4, 0.5) is 5.69 Å². The molecular formula is C34H31ClN6O3. The van der Waals surface area contributed by atoms with Crippen LogP contribution >= 0.6 is 11.6 Å². The highest BCUT2D eigenvalue weighted by molar-refractivity contribution is 6.31. The van der Waals surface area contributed by atoms with Crippen molar-refractivity contribution >= 4 is 46.8 Å². The number of amides is 3. The zero-order valence-electron chi connectivity index (χ0n) is 24.4. The molecule has 10 heteroatoms. The van der Waals surface area contributed by atoms with Gasteiger partial charge in [-0.05, 0) is 80.2 Å². The fraction of sp³-hybridized carbons (Fsp3) is 0.294. The van der Waals surface area contributed by atoms with Crippen LogP contribution in [-0.4, -0.2) is 52.1 Å². The van der Waals surface area contributed by atoms with E-state index >= 15 is 0 Å². The second kappa shape index (κ2) is 11.1. The molecular weight excluding hydrogens is 576 g/mol. The Labute approximate surface area is 260 Å². The van der Waals surface area contributed by atoms with Gasteiger partial charge >= 0.3 is 0 Å². The Morgan fingerprint density at radius 3 is 2.30 bits per heavy atom. The number of allylic oxidation sites excluding steroid dienone is 1. The van der Waals surface area contributed by atoms with Crippen LogP contribution in [0.2, 0.25) is 5.02 Å². The quantitative estimate of drug-likeness (QED) is 0.329. The maximum absolute atomic E-state index is 14.1. The molecule has 4 aliphatic rings. The molecule has 1 saturated carbocycles. The molecule has 0 unspecified atom stereocenters. The summed E-state index contributed by atoms with van der Waals surface area (Å²) >= 11 is 6.01. The number of carbonyl (C=O) groups excluding carboxylic acids is 3.